The Balaban J connectivity index is 2.26. The van der Waals surface area contributed by atoms with E-state index in [2.05, 4.69) is 15.0 Å². The highest BCUT2D eigenvalue weighted by Crippen LogP contribution is 2.26. The first-order valence-electron chi connectivity index (χ1n) is 6.43. The molecular weight excluding hydrogens is 271 g/mol. The number of ether oxygens (including phenoxy) is 1. The number of nitrogens with zero attached hydrogens (tertiary/aromatic N) is 4. The summed E-state index contributed by atoms with van der Waals surface area (Å²) in [6.45, 7) is -0.771. The van der Waals surface area contributed by atoms with E-state index in [4.69, 9.17) is 10.3 Å². The summed E-state index contributed by atoms with van der Waals surface area (Å²) in [6, 6.07) is 10.4. The second-order valence-electron chi connectivity index (χ2n) is 4.45. The molecule has 0 fully saturated rings. The molecule has 6 heteroatoms. The summed E-state index contributed by atoms with van der Waals surface area (Å²) in [4.78, 5) is 6.73. The fourth-order valence-corrected chi connectivity index (χ4v) is 2.15. The van der Waals surface area contributed by atoms with Crippen LogP contribution < -0.4 is 0 Å². The van der Waals surface area contributed by atoms with Crippen molar-refractivity contribution in [1.29, 1.82) is 0 Å². The third kappa shape index (κ3) is 3.56. The van der Waals surface area contributed by atoms with Crippen molar-refractivity contribution in [1.82, 2.24) is 4.98 Å². The summed E-state index contributed by atoms with van der Waals surface area (Å²) in [6.07, 6.45) is 2.88. The highest BCUT2D eigenvalue weighted by molar-refractivity contribution is 5.62. The number of alkyl halides is 1. The molecule has 2 aromatic rings. The van der Waals surface area contributed by atoms with Crippen LogP contribution in [0.2, 0.25) is 0 Å². The second-order valence-corrected chi connectivity index (χ2v) is 4.45. The van der Waals surface area contributed by atoms with Gasteiger partial charge in [0.1, 0.15) is 6.67 Å². The zero-order chi connectivity index (χ0) is 15.1. The lowest BCUT2D eigenvalue weighted by molar-refractivity contribution is 0.0722. The van der Waals surface area contributed by atoms with Crippen LogP contribution >= 0.6 is 0 Å². The molecule has 21 heavy (non-hydrogen) atoms. The Morgan fingerprint density at radius 3 is 2.57 bits per heavy atom. The molecule has 0 saturated carbocycles. The van der Waals surface area contributed by atoms with Crippen molar-refractivity contribution < 1.29 is 9.13 Å². The molecule has 0 saturated heterocycles. The standard InChI is InChI=1S/C15H15FN4O/c1-21-15(14(9-16)19-20-17)12-6-4-11(5-7-12)13-3-2-8-18-10-13/h2-8,10,14-15H,9H2,1H3/t14?,15-/m1/s1. The zero-order valence-electron chi connectivity index (χ0n) is 11.6. The maximum atomic E-state index is 13.0. The molecule has 1 aromatic heterocycles. The van der Waals surface area contributed by atoms with Gasteiger partial charge < -0.3 is 4.74 Å². The first-order valence-corrected chi connectivity index (χ1v) is 6.43. The number of halogens is 1. The van der Waals surface area contributed by atoms with Crippen molar-refractivity contribution in [3.63, 3.8) is 0 Å². The Hall–Kier alpha value is -2.43. The van der Waals surface area contributed by atoms with Crippen LogP contribution in [0, 0.1) is 0 Å². The van der Waals surface area contributed by atoms with Gasteiger partial charge in [-0.25, -0.2) is 0 Å². The summed E-state index contributed by atoms with van der Waals surface area (Å²) < 4.78 is 18.2. The topological polar surface area (TPSA) is 70.9 Å². The summed E-state index contributed by atoms with van der Waals surface area (Å²) in [5, 5.41) is 3.44. The van der Waals surface area contributed by atoms with E-state index in [1.165, 1.54) is 7.11 Å². The van der Waals surface area contributed by atoms with Gasteiger partial charge in [0.15, 0.2) is 0 Å². The lowest BCUT2D eigenvalue weighted by atomic mass is 10.00. The maximum absolute atomic E-state index is 13.0. The third-order valence-corrected chi connectivity index (χ3v) is 3.20. The minimum Gasteiger partial charge on any atom is -0.376 e. The van der Waals surface area contributed by atoms with Crippen molar-refractivity contribution in [3.05, 3.63) is 64.8 Å². The maximum Gasteiger partial charge on any atom is 0.101 e. The molecule has 0 aliphatic carbocycles. The molecule has 0 spiro atoms. The van der Waals surface area contributed by atoms with Gasteiger partial charge in [0, 0.05) is 24.4 Å². The Labute approximate surface area is 122 Å². The number of aromatic nitrogens is 1. The summed E-state index contributed by atoms with van der Waals surface area (Å²) in [5.74, 6) is 0. The van der Waals surface area contributed by atoms with E-state index in [-0.39, 0.29) is 0 Å². The fourth-order valence-electron chi connectivity index (χ4n) is 2.15. The van der Waals surface area contributed by atoms with Gasteiger partial charge in [-0.15, -0.1) is 0 Å². The lowest BCUT2D eigenvalue weighted by Gasteiger charge is -2.20. The van der Waals surface area contributed by atoms with E-state index in [1.54, 1.807) is 12.4 Å². The van der Waals surface area contributed by atoms with Crippen molar-refractivity contribution in [2.75, 3.05) is 13.8 Å². The molecule has 1 unspecified atom stereocenters. The summed E-state index contributed by atoms with van der Waals surface area (Å²) in [5.41, 5.74) is 11.2. The quantitative estimate of drug-likeness (QED) is 0.456. The zero-order valence-corrected chi connectivity index (χ0v) is 11.6. The van der Waals surface area contributed by atoms with Crippen molar-refractivity contribution >= 4 is 0 Å². The van der Waals surface area contributed by atoms with Crippen LogP contribution in [0.4, 0.5) is 4.39 Å². The predicted molar refractivity (Wildman–Crippen MR) is 78.3 cm³/mol. The van der Waals surface area contributed by atoms with Crippen LogP contribution in [0.15, 0.2) is 53.9 Å². The average Bonchev–Trinajstić information content (AvgIpc) is 2.56. The predicted octanol–water partition coefficient (Wildman–Crippen LogP) is 4.08. The van der Waals surface area contributed by atoms with E-state index in [9.17, 15) is 4.39 Å². The molecule has 0 radical (unpaired) electrons. The average molecular weight is 286 g/mol. The highest BCUT2D eigenvalue weighted by Gasteiger charge is 2.22. The van der Waals surface area contributed by atoms with E-state index in [0.29, 0.717) is 0 Å². The Morgan fingerprint density at radius 1 is 1.29 bits per heavy atom. The van der Waals surface area contributed by atoms with Gasteiger partial charge in [0.25, 0.3) is 0 Å². The molecule has 2 rings (SSSR count). The molecule has 2 atom stereocenters. The fraction of sp³-hybridized carbons (Fsp3) is 0.267. The molecule has 0 bridgehead atoms. The Bertz CT molecular complexity index is 611. The normalized spacial score (nSPS) is 13.2. The minimum atomic E-state index is -0.871. The molecule has 0 aliphatic heterocycles. The first-order chi connectivity index (χ1) is 10.3. The number of azide groups is 1. The molecule has 108 valence electrons. The number of rotatable bonds is 6. The van der Waals surface area contributed by atoms with E-state index >= 15 is 0 Å². The number of methoxy groups -OCH3 is 1. The van der Waals surface area contributed by atoms with Gasteiger partial charge >= 0.3 is 0 Å². The molecule has 1 aromatic carbocycles. The molecule has 0 aliphatic rings. The Kier molecular flexibility index (Phi) is 5.26. The molecule has 1 heterocycles. The van der Waals surface area contributed by atoms with E-state index in [0.717, 1.165) is 16.7 Å². The van der Waals surface area contributed by atoms with Crippen LogP contribution in [-0.2, 0) is 4.74 Å². The molecule has 0 N–H and O–H groups in total. The van der Waals surface area contributed by atoms with Crippen LogP contribution in [0.25, 0.3) is 21.6 Å². The number of benzene rings is 1. The van der Waals surface area contributed by atoms with Gasteiger partial charge in [0.05, 0.1) is 12.1 Å². The SMILES string of the molecule is CO[C@H](c1ccc(-c2cccnc2)cc1)C(CF)N=[N+]=[N-]. The smallest absolute Gasteiger partial charge is 0.101 e. The molecule has 5 nitrogen and oxygen atoms in total. The monoisotopic (exact) mass is 286 g/mol. The van der Waals surface area contributed by atoms with Crippen molar-refractivity contribution in [2.24, 2.45) is 5.11 Å². The van der Waals surface area contributed by atoms with Gasteiger partial charge in [-0.05, 0) is 28.3 Å². The second kappa shape index (κ2) is 7.38. The van der Waals surface area contributed by atoms with Crippen molar-refractivity contribution in [3.8, 4) is 11.1 Å². The van der Waals surface area contributed by atoms with Gasteiger partial charge in [-0.1, -0.05) is 35.4 Å². The summed E-state index contributed by atoms with van der Waals surface area (Å²) >= 11 is 0. The minimum absolute atomic E-state index is 0.603. The molecular formula is C15H15FN4O. The van der Waals surface area contributed by atoms with Gasteiger partial charge in [0.2, 0.25) is 0 Å². The number of hydrogen-bond donors (Lipinski definition) is 0. The lowest BCUT2D eigenvalue weighted by Crippen LogP contribution is -2.20. The van der Waals surface area contributed by atoms with Gasteiger partial charge in [-0.3, -0.25) is 9.37 Å². The van der Waals surface area contributed by atoms with Crippen LogP contribution in [0.1, 0.15) is 11.7 Å². The Morgan fingerprint density at radius 2 is 2.05 bits per heavy atom. The number of hydrogen-bond acceptors (Lipinski definition) is 3. The largest absolute Gasteiger partial charge is 0.376 e. The van der Waals surface area contributed by atoms with E-state index in [1.807, 2.05) is 36.4 Å². The van der Waals surface area contributed by atoms with Crippen LogP contribution in [0.5, 0.6) is 0 Å². The highest BCUT2D eigenvalue weighted by atomic mass is 19.1. The van der Waals surface area contributed by atoms with Crippen LogP contribution in [0.3, 0.4) is 0 Å². The third-order valence-electron chi connectivity index (χ3n) is 3.20. The first kappa shape index (κ1) is 15.0. The van der Waals surface area contributed by atoms with Gasteiger partial charge in [-0.2, -0.15) is 0 Å². The van der Waals surface area contributed by atoms with E-state index < -0.39 is 18.8 Å². The number of pyridine rings is 1. The van der Waals surface area contributed by atoms with Crippen LogP contribution in [-0.4, -0.2) is 24.8 Å². The molecule has 0 amide bonds. The van der Waals surface area contributed by atoms with Crippen molar-refractivity contribution in [2.45, 2.75) is 12.1 Å². The summed E-state index contributed by atoms with van der Waals surface area (Å²) in [7, 11) is 1.47.